The predicted molar refractivity (Wildman–Crippen MR) is 71.1 cm³/mol. The van der Waals surface area contributed by atoms with Crippen molar-refractivity contribution in [2.75, 3.05) is 13.2 Å². The van der Waals surface area contributed by atoms with Crippen molar-refractivity contribution in [2.24, 2.45) is 0 Å². The van der Waals surface area contributed by atoms with Gasteiger partial charge in [-0.1, -0.05) is 0 Å². The highest BCUT2D eigenvalue weighted by atomic mass is 16.5. The number of nitrogens with zero attached hydrogens (tertiary/aromatic N) is 2. The van der Waals surface area contributed by atoms with E-state index in [0.717, 1.165) is 44.4 Å². The van der Waals surface area contributed by atoms with Gasteiger partial charge in [-0.05, 0) is 50.2 Å². The topological polar surface area (TPSA) is 55.0 Å². The standard InChI is InChI=1S/C15H18N2O2/c16-10-12-5-6-14(11-3-4-11)17(15(12)18)13-2-1-8-19-9-7-13/h5-6,11,13H,1-4,7-9H2. The summed E-state index contributed by atoms with van der Waals surface area (Å²) in [5, 5.41) is 9.05. The van der Waals surface area contributed by atoms with Gasteiger partial charge in [0, 0.05) is 24.9 Å². The lowest BCUT2D eigenvalue weighted by atomic mass is 10.1. The van der Waals surface area contributed by atoms with E-state index in [1.165, 1.54) is 0 Å². The zero-order valence-electron chi connectivity index (χ0n) is 11.0. The van der Waals surface area contributed by atoms with E-state index in [2.05, 4.69) is 0 Å². The van der Waals surface area contributed by atoms with E-state index < -0.39 is 0 Å². The summed E-state index contributed by atoms with van der Waals surface area (Å²) in [7, 11) is 0. The highest BCUT2D eigenvalue weighted by molar-refractivity contribution is 5.30. The van der Waals surface area contributed by atoms with Crippen molar-refractivity contribution in [3.8, 4) is 6.07 Å². The Bertz CT molecular complexity index is 558. The molecular weight excluding hydrogens is 240 g/mol. The molecule has 2 heterocycles. The molecule has 1 atom stereocenters. The molecule has 19 heavy (non-hydrogen) atoms. The third kappa shape index (κ3) is 2.43. The third-order valence-corrected chi connectivity index (χ3v) is 4.05. The maximum absolute atomic E-state index is 12.5. The van der Waals surface area contributed by atoms with E-state index in [1.807, 2.05) is 16.7 Å². The van der Waals surface area contributed by atoms with Crippen LogP contribution in [0.4, 0.5) is 0 Å². The molecule has 1 saturated heterocycles. The highest BCUT2D eigenvalue weighted by Crippen LogP contribution is 2.41. The van der Waals surface area contributed by atoms with Gasteiger partial charge >= 0.3 is 0 Å². The van der Waals surface area contributed by atoms with Gasteiger partial charge in [-0.15, -0.1) is 0 Å². The Morgan fingerprint density at radius 1 is 1.21 bits per heavy atom. The molecule has 0 radical (unpaired) electrons. The van der Waals surface area contributed by atoms with Gasteiger partial charge in [-0.2, -0.15) is 5.26 Å². The lowest BCUT2D eigenvalue weighted by Crippen LogP contribution is -2.29. The van der Waals surface area contributed by atoms with Gasteiger partial charge in [0.15, 0.2) is 0 Å². The first-order valence-corrected chi connectivity index (χ1v) is 7.04. The maximum atomic E-state index is 12.5. The van der Waals surface area contributed by atoms with Crippen LogP contribution in [0.5, 0.6) is 0 Å². The number of rotatable bonds is 2. The summed E-state index contributed by atoms with van der Waals surface area (Å²) >= 11 is 0. The summed E-state index contributed by atoms with van der Waals surface area (Å²) in [6, 6.07) is 5.86. The molecule has 1 saturated carbocycles. The van der Waals surface area contributed by atoms with Crippen molar-refractivity contribution in [2.45, 2.75) is 44.1 Å². The fraction of sp³-hybridized carbons (Fsp3) is 0.600. The molecule has 0 bridgehead atoms. The molecule has 100 valence electrons. The van der Waals surface area contributed by atoms with Crippen molar-refractivity contribution < 1.29 is 4.74 Å². The molecule has 3 rings (SSSR count). The van der Waals surface area contributed by atoms with E-state index in [4.69, 9.17) is 10.00 Å². The van der Waals surface area contributed by atoms with Crippen LogP contribution in [-0.2, 0) is 4.74 Å². The molecule has 2 aliphatic rings. The fourth-order valence-electron chi connectivity index (χ4n) is 2.89. The van der Waals surface area contributed by atoms with Crippen LogP contribution < -0.4 is 5.56 Å². The molecule has 0 N–H and O–H groups in total. The van der Waals surface area contributed by atoms with Crippen LogP contribution in [0.2, 0.25) is 0 Å². The molecule has 0 amide bonds. The summed E-state index contributed by atoms with van der Waals surface area (Å²) < 4.78 is 7.37. The third-order valence-electron chi connectivity index (χ3n) is 4.05. The van der Waals surface area contributed by atoms with Crippen LogP contribution in [0, 0.1) is 11.3 Å². The summed E-state index contributed by atoms with van der Waals surface area (Å²) in [4.78, 5) is 12.5. The second-order valence-electron chi connectivity index (χ2n) is 5.43. The van der Waals surface area contributed by atoms with Gasteiger partial charge in [-0.3, -0.25) is 4.79 Å². The SMILES string of the molecule is N#Cc1ccc(C2CC2)n(C2CCCOCC2)c1=O. The second-order valence-corrected chi connectivity index (χ2v) is 5.43. The molecule has 1 aromatic heterocycles. The first-order chi connectivity index (χ1) is 9.31. The fourth-order valence-corrected chi connectivity index (χ4v) is 2.89. The summed E-state index contributed by atoms with van der Waals surface area (Å²) in [5.41, 5.74) is 1.27. The van der Waals surface area contributed by atoms with E-state index in [-0.39, 0.29) is 17.2 Å². The van der Waals surface area contributed by atoms with Crippen molar-refractivity contribution >= 4 is 0 Å². The number of hydrogen-bond acceptors (Lipinski definition) is 3. The Kier molecular flexibility index (Phi) is 3.39. The van der Waals surface area contributed by atoms with Crippen molar-refractivity contribution in [3.05, 3.63) is 33.7 Å². The molecule has 4 heteroatoms. The molecule has 2 fully saturated rings. The highest BCUT2D eigenvalue weighted by Gasteiger charge is 2.30. The number of ether oxygens (including phenoxy) is 1. The van der Waals surface area contributed by atoms with Crippen LogP contribution in [-0.4, -0.2) is 17.8 Å². The van der Waals surface area contributed by atoms with E-state index in [0.29, 0.717) is 12.5 Å². The van der Waals surface area contributed by atoms with Gasteiger partial charge in [0.1, 0.15) is 11.6 Å². The normalized spacial score (nSPS) is 23.6. The molecule has 1 unspecified atom stereocenters. The minimum atomic E-state index is -0.112. The van der Waals surface area contributed by atoms with E-state index in [9.17, 15) is 4.79 Å². The van der Waals surface area contributed by atoms with Crippen LogP contribution in [0.3, 0.4) is 0 Å². The summed E-state index contributed by atoms with van der Waals surface area (Å²) in [6.45, 7) is 1.49. The lowest BCUT2D eigenvalue weighted by Gasteiger charge is -2.21. The Morgan fingerprint density at radius 3 is 2.79 bits per heavy atom. The van der Waals surface area contributed by atoms with Crippen molar-refractivity contribution in [1.82, 2.24) is 4.57 Å². The monoisotopic (exact) mass is 258 g/mol. The van der Waals surface area contributed by atoms with Crippen LogP contribution in [0.25, 0.3) is 0 Å². The van der Waals surface area contributed by atoms with Gasteiger partial charge in [-0.25, -0.2) is 0 Å². The van der Waals surface area contributed by atoms with Gasteiger partial charge in [0.2, 0.25) is 0 Å². The Hall–Kier alpha value is -1.60. The zero-order valence-corrected chi connectivity index (χ0v) is 11.0. The van der Waals surface area contributed by atoms with Crippen molar-refractivity contribution in [1.29, 1.82) is 5.26 Å². The number of aromatic nitrogens is 1. The first-order valence-electron chi connectivity index (χ1n) is 7.04. The number of nitriles is 1. The number of hydrogen-bond donors (Lipinski definition) is 0. The Labute approximate surface area is 112 Å². The van der Waals surface area contributed by atoms with Crippen LogP contribution >= 0.6 is 0 Å². The molecule has 1 aliphatic heterocycles. The average molecular weight is 258 g/mol. The minimum Gasteiger partial charge on any atom is -0.381 e. The Morgan fingerprint density at radius 2 is 2.05 bits per heavy atom. The van der Waals surface area contributed by atoms with Gasteiger partial charge in [0.25, 0.3) is 5.56 Å². The predicted octanol–water partition coefficient (Wildman–Crippen LogP) is 2.34. The molecule has 1 aromatic rings. The maximum Gasteiger partial charge on any atom is 0.268 e. The molecule has 0 aromatic carbocycles. The molecule has 1 aliphatic carbocycles. The van der Waals surface area contributed by atoms with E-state index in [1.54, 1.807) is 6.07 Å². The first kappa shape index (κ1) is 12.4. The molecule has 0 spiro atoms. The van der Waals surface area contributed by atoms with Crippen LogP contribution in [0.15, 0.2) is 16.9 Å². The quantitative estimate of drug-likeness (QED) is 0.818. The van der Waals surface area contributed by atoms with E-state index >= 15 is 0 Å². The molecular formula is C15H18N2O2. The number of pyridine rings is 1. The molecule has 4 nitrogen and oxygen atoms in total. The van der Waals surface area contributed by atoms with Crippen molar-refractivity contribution in [3.63, 3.8) is 0 Å². The smallest absolute Gasteiger partial charge is 0.268 e. The zero-order chi connectivity index (χ0) is 13.2. The lowest BCUT2D eigenvalue weighted by molar-refractivity contribution is 0.141. The average Bonchev–Trinajstić information content (AvgIpc) is 3.25. The Balaban J connectivity index is 2.05. The second kappa shape index (κ2) is 5.18. The van der Waals surface area contributed by atoms with Gasteiger partial charge in [0.05, 0.1) is 0 Å². The minimum absolute atomic E-state index is 0.112. The van der Waals surface area contributed by atoms with Gasteiger partial charge < -0.3 is 9.30 Å². The largest absolute Gasteiger partial charge is 0.381 e. The summed E-state index contributed by atoms with van der Waals surface area (Å²) in [6.07, 6.45) is 5.14. The summed E-state index contributed by atoms with van der Waals surface area (Å²) in [5.74, 6) is 0.518. The van der Waals surface area contributed by atoms with Crippen LogP contribution in [0.1, 0.15) is 55.3 Å².